The summed E-state index contributed by atoms with van der Waals surface area (Å²) >= 11 is 0. The van der Waals surface area contributed by atoms with E-state index in [9.17, 15) is 13.2 Å². The van der Waals surface area contributed by atoms with E-state index in [1.807, 2.05) is 18.7 Å². The minimum atomic E-state index is -3.72. The molecule has 1 saturated carbocycles. The zero-order valence-corrected chi connectivity index (χ0v) is 18.5. The third-order valence-corrected chi connectivity index (χ3v) is 8.09. The Balaban J connectivity index is 1.65. The van der Waals surface area contributed by atoms with Gasteiger partial charge in [0.05, 0.1) is 17.7 Å². The van der Waals surface area contributed by atoms with Crippen molar-refractivity contribution in [2.24, 2.45) is 5.92 Å². The number of ether oxygens (including phenoxy) is 1. The van der Waals surface area contributed by atoms with Crippen molar-refractivity contribution in [2.75, 3.05) is 22.9 Å². The SMILES string of the molecule is CCN(c1ccc(OC)cc1)S(=O)(=O)c1ccc2c(c1)C[C@@H](C)N2C(=O)C1CCC1. The van der Waals surface area contributed by atoms with Crippen LogP contribution in [0.4, 0.5) is 11.4 Å². The van der Waals surface area contributed by atoms with Crippen molar-refractivity contribution >= 4 is 27.3 Å². The van der Waals surface area contributed by atoms with Gasteiger partial charge in [0, 0.05) is 24.2 Å². The van der Waals surface area contributed by atoms with Crippen molar-refractivity contribution in [3.8, 4) is 5.75 Å². The Labute approximate surface area is 178 Å². The van der Waals surface area contributed by atoms with Crippen LogP contribution in [0.25, 0.3) is 0 Å². The molecule has 0 aromatic heterocycles. The Bertz CT molecular complexity index is 1050. The fourth-order valence-electron chi connectivity index (χ4n) is 4.32. The maximum absolute atomic E-state index is 13.4. The third kappa shape index (κ3) is 3.45. The molecule has 2 aliphatic rings. The predicted molar refractivity (Wildman–Crippen MR) is 118 cm³/mol. The second kappa shape index (κ2) is 7.95. The van der Waals surface area contributed by atoms with Crippen LogP contribution in [0, 0.1) is 5.92 Å². The molecule has 0 saturated heterocycles. The summed E-state index contributed by atoms with van der Waals surface area (Å²) in [5.41, 5.74) is 2.36. The highest BCUT2D eigenvalue weighted by atomic mass is 32.2. The molecule has 6 nitrogen and oxygen atoms in total. The van der Waals surface area contributed by atoms with Gasteiger partial charge >= 0.3 is 0 Å². The molecule has 2 aromatic carbocycles. The number of benzene rings is 2. The van der Waals surface area contributed by atoms with Gasteiger partial charge in [-0.05, 0) is 81.1 Å². The summed E-state index contributed by atoms with van der Waals surface area (Å²) in [6.07, 6.45) is 3.70. The maximum atomic E-state index is 13.4. The molecule has 30 heavy (non-hydrogen) atoms. The third-order valence-electron chi connectivity index (χ3n) is 6.19. The van der Waals surface area contributed by atoms with Gasteiger partial charge in [0.1, 0.15) is 5.75 Å². The van der Waals surface area contributed by atoms with Crippen molar-refractivity contribution < 1.29 is 17.9 Å². The molecule has 7 heteroatoms. The summed E-state index contributed by atoms with van der Waals surface area (Å²) in [5, 5.41) is 0. The van der Waals surface area contributed by atoms with Gasteiger partial charge in [-0.15, -0.1) is 0 Å². The Morgan fingerprint density at radius 1 is 1.17 bits per heavy atom. The van der Waals surface area contributed by atoms with Crippen LogP contribution in [-0.4, -0.2) is 34.0 Å². The second-order valence-corrected chi connectivity index (χ2v) is 9.91. The molecule has 1 aliphatic carbocycles. The van der Waals surface area contributed by atoms with Crippen LogP contribution in [0.3, 0.4) is 0 Å². The van der Waals surface area contributed by atoms with Crippen LogP contribution in [0.15, 0.2) is 47.4 Å². The molecule has 0 unspecified atom stereocenters. The van der Waals surface area contributed by atoms with Gasteiger partial charge in [-0.2, -0.15) is 0 Å². The lowest BCUT2D eigenvalue weighted by Gasteiger charge is -2.32. The molecule has 1 heterocycles. The Morgan fingerprint density at radius 3 is 2.43 bits per heavy atom. The smallest absolute Gasteiger partial charge is 0.264 e. The highest BCUT2D eigenvalue weighted by Crippen LogP contribution is 2.39. The number of sulfonamides is 1. The predicted octanol–water partition coefficient (Wildman–Crippen LogP) is 3.99. The number of fused-ring (bicyclic) bond motifs is 1. The lowest BCUT2D eigenvalue weighted by Crippen LogP contribution is -2.42. The summed E-state index contributed by atoms with van der Waals surface area (Å²) in [4.78, 5) is 15.0. The summed E-state index contributed by atoms with van der Waals surface area (Å²) in [6.45, 7) is 4.16. The number of hydrogen-bond donors (Lipinski definition) is 0. The molecule has 0 bridgehead atoms. The van der Waals surface area contributed by atoms with Crippen molar-refractivity contribution in [1.29, 1.82) is 0 Å². The van der Waals surface area contributed by atoms with Gasteiger partial charge in [0.15, 0.2) is 0 Å². The van der Waals surface area contributed by atoms with Gasteiger partial charge in [-0.1, -0.05) is 6.42 Å². The normalized spacial score (nSPS) is 18.6. The van der Waals surface area contributed by atoms with Gasteiger partial charge < -0.3 is 9.64 Å². The highest BCUT2D eigenvalue weighted by Gasteiger charge is 2.37. The maximum Gasteiger partial charge on any atom is 0.264 e. The van der Waals surface area contributed by atoms with E-state index in [4.69, 9.17) is 4.74 Å². The average Bonchev–Trinajstić information content (AvgIpc) is 3.02. The van der Waals surface area contributed by atoms with Crippen molar-refractivity contribution in [3.05, 3.63) is 48.0 Å². The monoisotopic (exact) mass is 428 g/mol. The number of nitrogens with zero attached hydrogens (tertiary/aromatic N) is 2. The molecule has 1 atom stereocenters. The fourth-order valence-corrected chi connectivity index (χ4v) is 5.85. The van der Waals surface area contributed by atoms with Crippen molar-refractivity contribution in [1.82, 2.24) is 0 Å². The van der Waals surface area contributed by atoms with E-state index in [0.29, 0.717) is 24.4 Å². The van der Waals surface area contributed by atoms with E-state index in [0.717, 1.165) is 30.5 Å². The molecule has 1 fully saturated rings. The fraction of sp³-hybridized carbons (Fsp3) is 0.435. The van der Waals surface area contributed by atoms with E-state index in [1.165, 1.54) is 4.31 Å². The van der Waals surface area contributed by atoms with Gasteiger partial charge in [0.25, 0.3) is 10.0 Å². The number of carbonyl (C=O) groups excluding carboxylic acids is 1. The first-order valence-electron chi connectivity index (χ1n) is 10.5. The average molecular weight is 429 g/mol. The van der Waals surface area contributed by atoms with Crippen LogP contribution in [0.1, 0.15) is 38.7 Å². The van der Waals surface area contributed by atoms with Crippen LogP contribution in [0.5, 0.6) is 5.75 Å². The molecule has 0 N–H and O–H groups in total. The number of anilines is 2. The van der Waals surface area contributed by atoms with Gasteiger partial charge in [-0.3, -0.25) is 9.10 Å². The Kier molecular flexibility index (Phi) is 5.49. The number of hydrogen-bond acceptors (Lipinski definition) is 4. The first-order chi connectivity index (χ1) is 14.4. The number of carbonyl (C=O) groups is 1. The standard InChI is InChI=1S/C23H28N2O4S/c1-4-24(19-8-10-20(29-3)11-9-19)30(27,28)21-12-13-22-18(15-21)14-16(2)25(22)23(26)17-6-5-7-17/h8-13,15-17H,4-7,14H2,1-3H3/t16-/m1/s1. The Morgan fingerprint density at radius 2 is 1.87 bits per heavy atom. The minimum Gasteiger partial charge on any atom is -0.497 e. The molecule has 1 amide bonds. The zero-order chi connectivity index (χ0) is 21.5. The van der Waals surface area contributed by atoms with E-state index in [2.05, 4.69) is 0 Å². The van der Waals surface area contributed by atoms with Crippen molar-refractivity contribution in [3.63, 3.8) is 0 Å². The molecule has 0 radical (unpaired) electrons. The van der Waals surface area contributed by atoms with E-state index < -0.39 is 10.0 Å². The van der Waals surface area contributed by atoms with Crippen LogP contribution in [0.2, 0.25) is 0 Å². The lowest BCUT2D eigenvalue weighted by molar-refractivity contribution is -0.125. The molecule has 2 aromatic rings. The molecule has 160 valence electrons. The molecule has 0 spiro atoms. The molecule has 1 aliphatic heterocycles. The lowest BCUT2D eigenvalue weighted by atomic mass is 9.84. The largest absolute Gasteiger partial charge is 0.497 e. The highest BCUT2D eigenvalue weighted by molar-refractivity contribution is 7.92. The summed E-state index contributed by atoms with van der Waals surface area (Å²) in [6, 6.07) is 12.2. The first-order valence-corrected chi connectivity index (χ1v) is 11.9. The quantitative estimate of drug-likeness (QED) is 0.698. The van der Waals surface area contributed by atoms with E-state index in [-0.39, 0.29) is 22.8 Å². The Hall–Kier alpha value is -2.54. The van der Waals surface area contributed by atoms with Gasteiger partial charge in [0.2, 0.25) is 5.91 Å². The van der Waals surface area contributed by atoms with Gasteiger partial charge in [-0.25, -0.2) is 8.42 Å². The number of rotatable bonds is 6. The van der Waals surface area contributed by atoms with E-state index in [1.54, 1.807) is 49.6 Å². The molecular formula is C23H28N2O4S. The van der Waals surface area contributed by atoms with Crippen LogP contribution in [-0.2, 0) is 21.2 Å². The summed E-state index contributed by atoms with van der Waals surface area (Å²) in [7, 11) is -2.14. The number of methoxy groups -OCH3 is 1. The van der Waals surface area contributed by atoms with Crippen molar-refractivity contribution in [2.45, 2.75) is 50.5 Å². The summed E-state index contributed by atoms with van der Waals surface area (Å²) in [5.74, 6) is 0.971. The summed E-state index contributed by atoms with van der Waals surface area (Å²) < 4.78 is 33.3. The minimum absolute atomic E-state index is 0.0509. The van der Waals surface area contributed by atoms with Crippen LogP contribution >= 0.6 is 0 Å². The zero-order valence-electron chi connectivity index (χ0n) is 17.7. The van der Waals surface area contributed by atoms with Crippen LogP contribution < -0.4 is 13.9 Å². The second-order valence-electron chi connectivity index (χ2n) is 8.05. The molecular weight excluding hydrogens is 400 g/mol. The number of amides is 1. The topological polar surface area (TPSA) is 66.9 Å². The van der Waals surface area contributed by atoms with E-state index >= 15 is 0 Å². The first kappa shape index (κ1) is 20.7. The molecule has 4 rings (SSSR count).